The van der Waals surface area contributed by atoms with Crippen LogP contribution in [0.15, 0.2) is 18.2 Å². The van der Waals surface area contributed by atoms with Gasteiger partial charge in [0.15, 0.2) is 0 Å². The molecule has 5 heteroatoms. The van der Waals surface area contributed by atoms with Gasteiger partial charge < -0.3 is 20.1 Å². The molecule has 1 unspecified atom stereocenters. The summed E-state index contributed by atoms with van der Waals surface area (Å²) in [5.41, 5.74) is 7.66. The molecule has 2 N–H and O–H groups in total. The number of likely N-dealkylation sites (N-methyl/N-ethyl adjacent to an activating group) is 1. The van der Waals surface area contributed by atoms with Crippen LogP contribution in [-0.4, -0.2) is 38.9 Å². The predicted octanol–water partition coefficient (Wildman–Crippen LogP) is 2.31. The van der Waals surface area contributed by atoms with E-state index in [0.29, 0.717) is 24.5 Å². The Bertz CT molecular complexity index is 449. The van der Waals surface area contributed by atoms with E-state index in [1.54, 1.807) is 26.2 Å². The number of nitrogens with zero attached hydrogens (tertiary/aromatic N) is 1. The van der Waals surface area contributed by atoms with Gasteiger partial charge in [-0.25, -0.2) is 4.79 Å². The first-order chi connectivity index (χ1) is 9.54. The fourth-order valence-electron chi connectivity index (χ4n) is 2.23. The Morgan fingerprint density at radius 3 is 2.65 bits per heavy atom. The highest BCUT2D eigenvalue weighted by molar-refractivity contribution is 5.97. The third kappa shape index (κ3) is 3.87. The third-order valence-corrected chi connectivity index (χ3v) is 3.11. The van der Waals surface area contributed by atoms with Crippen LogP contribution in [0.3, 0.4) is 0 Å². The highest BCUT2D eigenvalue weighted by Gasteiger charge is 2.20. The van der Waals surface area contributed by atoms with E-state index >= 15 is 0 Å². The first-order valence-corrected chi connectivity index (χ1v) is 6.87. The van der Waals surface area contributed by atoms with Crippen molar-refractivity contribution in [3.05, 3.63) is 23.8 Å². The second kappa shape index (κ2) is 7.75. The number of carbonyl (C=O) groups excluding carboxylic acids is 1. The molecule has 1 aromatic rings. The van der Waals surface area contributed by atoms with Crippen molar-refractivity contribution in [2.24, 2.45) is 0 Å². The van der Waals surface area contributed by atoms with Crippen LogP contribution in [0.2, 0.25) is 0 Å². The number of anilines is 2. The average Bonchev–Trinajstić information content (AvgIpc) is 2.41. The molecule has 0 aromatic heterocycles. The zero-order chi connectivity index (χ0) is 15.1. The molecule has 0 bridgehead atoms. The fraction of sp³-hybridized carbons (Fsp3) is 0.533. The lowest BCUT2D eigenvalue weighted by Crippen LogP contribution is -2.37. The topological polar surface area (TPSA) is 64.8 Å². The minimum absolute atomic E-state index is 0.154. The largest absolute Gasteiger partial charge is 0.462 e. The summed E-state index contributed by atoms with van der Waals surface area (Å²) in [4.78, 5) is 14.2. The van der Waals surface area contributed by atoms with Gasteiger partial charge in [-0.3, -0.25) is 0 Å². The van der Waals surface area contributed by atoms with Gasteiger partial charge in [-0.1, -0.05) is 0 Å². The lowest BCUT2D eigenvalue weighted by molar-refractivity contribution is 0.0527. The number of hydrogen-bond acceptors (Lipinski definition) is 5. The van der Waals surface area contributed by atoms with E-state index in [9.17, 15) is 4.79 Å². The quantitative estimate of drug-likeness (QED) is 0.613. The number of nitrogens with two attached hydrogens (primary N) is 1. The summed E-state index contributed by atoms with van der Waals surface area (Å²) >= 11 is 0. The van der Waals surface area contributed by atoms with Gasteiger partial charge in [0.1, 0.15) is 0 Å². The van der Waals surface area contributed by atoms with Crippen LogP contribution in [0.25, 0.3) is 0 Å². The van der Waals surface area contributed by atoms with Gasteiger partial charge in [0.05, 0.1) is 24.5 Å². The maximum atomic E-state index is 12.1. The maximum absolute atomic E-state index is 12.1. The number of nitrogen functional groups attached to an aromatic ring is 1. The molecule has 112 valence electrons. The van der Waals surface area contributed by atoms with Crippen molar-refractivity contribution in [3.8, 4) is 0 Å². The Morgan fingerprint density at radius 2 is 2.10 bits per heavy atom. The highest BCUT2D eigenvalue weighted by atomic mass is 16.5. The normalized spacial score (nSPS) is 12.0. The van der Waals surface area contributed by atoms with Gasteiger partial charge >= 0.3 is 5.97 Å². The van der Waals surface area contributed by atoms with Crippen molar-refractivity contribution in [1.82, 2.24) is 0 Å². The lowest BCUT2D eigenvalue weighted by Gasteiger charge is -2.31. The predicted molar refractivity (Wildman–Crippen MR) is 81.2 cm³/mol. The highest BCUT2D eigenvalue weighted by Crippen LogP contribution is 2.26. The molecule has 1 aromatic carbocycles. The van der Waals surface area contributed by atoms with Crippen molar-refractivity contribution in [1.29, 1.82) is 0 Å². The molecule has 0 fully saturated rings. The number of methoxy groups -OCH3 is 1. The average molecular weight is 280 g/mol. The van der Waals surface area contributed by atoms with E-state index in [-0.39, 0.29) is 12.0 Å². The first-order valence-electron chi connectivity index (χ1n) is 6.87. The Hall–Kier alpha value is -1.75. The van der Waals surface area contributed by atoms with Crippen molar-refractivity contribution < 1.29 is 14.3 Å². The number of carbonyl (C=O) groups is 1. The Morgan fingerprint density at radius 1 is 1.40 bits per heavy atom. The van der Waals surface area contributed by atoms with E-state index in [2.05, 4.69) is 11.8 Å². The lowest BCUT2D eigenvalue weighted by atomic mass is 10.1. The van der Waals surface area contributed by atoms with Gasteiger partial charge in [-0.05, 0) is 39.0 Å². The minimum atomic E-state index is -0.349. The summed E-state index contributed by atoms with van der Waals surface area (Å²) in [6.07, 6.45) is 0. The molecule has 5 nitrogen and oxygen atoms in total. The smallest absolute Gasteiger partial charge is 0.340 e. The number of ether oxygens (including phenoxy) is 2. The van der Waals surface area contributed by atoms with Crippen LogP contribution in [0, 0.1) is 0 Å². The van der Waals surface area contributed by atoms with Crippen molar-refractivity contribution in [2.75, 3.05) is 37.5 Å². The minimum Gasteiger partial charge on any atom is -0.462 e. The zero-order valence-electron chi connectivity index (χ0n) is 12.7. The van der Waals surface area contributed by atoms with E-state index in [1.807, 2.05) is 13.0 Å². The van der Waals surface area contributed by atoms with Gasteiger partial charge in [-0.15, -0.1) is 0 Å². The number of esters is 1. The van der Waals surface area contributed by atoms with E-state index < -0.39 is 0 Å². The first kappa shape index (κ1) is 16.3. The number of rotatable bonds is 7. The van der Waals surface area contributed by atoms with Crippen molar-refractivity contribution in [3.63, 3.8) is 0 Å². The standard InChI is InChI=1S/C15H24N2O3/c1-5-17(11(3)10-19-4)14-8-7-12(16)9-13(14)15(18)20-6-2/h7-9,11H,5-6,10,16H2,1-4H3. The van der Waals surface area contributed by atoms with Gasteiger partial charge in [0.2, 0.25) is 0 Å². The van der Waals surface area contributed by atoms with Gasteiger partial charge in [0, 0.05) is 25.4 Å². The monoisotopic (exact) mass is 280 g/mol. The SMILES string of the molecule is CCOC(=O)c1cc(N)ccc1N(CC)C(C)COC. The molecule has 0 radical (unpaired) electrons. The molecule has 0 aliphatic carbocycles. The molecule has 0 saturated carbocycles. The van der Waals surface area contributed by atoms with Gasteiger partial charge in [0.25, 0.3) is 0 Å². The maximum Gasteiger partial charge on any atom is 0.340 e. The summed E-state index contributed by atoms with van der Waals surface area (Å²) in [6, 6.07) is 5.47. The Balaban J connectivity index is 3.17. The molecule has 0 saturated heterocycles. The molecule has 0 aliphatic heterocycles. The molecule has 0 heterocycles. The van der Waals surface area contributed by atoms with Crippen molar-refractivity contribution in [2.45, 2.75) is 26.8 Å². The zero-order valence-corrected chi connectivity index (χ0v) is 12.7. The summed E-state index contributed by atoms with van der Waals surface area (Å²) in [7, 11) is 1.67. The second-order valence-electron chi connectivity index (χ2n) is 4.59. The number of benzene rings is 1. The summed E-state index contributed by atoms with van der Waals surface area (Å²) < 4.78 is 10.3. The molecule has 20 heavy (non-hydrogen) atoms. The van der Waals surface area contributed by atoms with Crippen LogP contribution >= 0.6 is 0 Å². The summed E-state index contributed by atoms with van der Waals surface area (Å²) in [5, 5.41) is 0. The van der Waals surface area contributed by atoms with Crippen LogP contribution < -0.4 is 10.6 Å². The summed E-state index contributed by atoms with van der Waals surface area (Å²) in [5.74, 6) is -0.349. The van der Waals surface area contributed by atoms with Crippen LogP contribution in [0.5, 0.6) is 0 Å². The van der Waals surface area contributed by atoms with Crippen molar-refractivity contribution >= 4 is 17.3 Å². The van der Waals surface area contributed by atoms with Crippen LogP contribution in [0.1, 0.15) is 31.1 Å². The molecular weight excluding hydrogens is 256 g/mol. The molecular formula is C15H24N2O3. The van der Waals surface area contributed by atoms with Crippen LogP contribution in [0.4, 0.5) is 11.4 Å². The molecule has 1 rings (SSSR count). The fourth-order valence-corrected chi connectivity index (χ4v) is 2.23. The summed E-state index contributed by atoms with van der Waals surface area (Å²) in [6.45, 7) is 7.57. The van der Waals surface area contributed by atoms with E-state index in [0.717, 1.165) is 12.2 Å². The molecule has 0 aliphatic rings. The molecule has 0 amide bonds. The van der Waals surface area contributed by atoms with Crippen LogP contribution in [-0.2, 0) is 9.47 Å². The Kier molecular flexibility index (Phi) is 6.31. The molecule has 1 atom stereocenters. The molecule has 0 spiro atoms. The Labute approximate surface area is 120 Å². The number of hydrogen-bond donors (Lipinski definition) is 1. The van der Waals surface area contributed by atoms with E-state index in [4.69, 9.17) is 15.2 Å². The third-order valence-electron chi connectivity index (χ3n) is 3.11. The second-order valence-corrected chi connectivity index (χ2v) is 4.59. The van der Waals surface area contributed by atoms with Gasteiger partial charge in [-0.2, -0.15) is 0 Å². The van der Waals surface area contributed by atoms with E-state index in [1.165, 1.54) is 0 Å².